The fourth-order valence-electron chi connectivity index (χ4n) is 0.942. The van der Waals surface area contributed by atoms with Crippen molar-refractivity contribution in [3.63, 3.8) is 0 Å². The van der Waals surface area contributed by atoms with Gasteiger partial charge in [0.1, 0.15) is 10.8 Å². The third kappa shape index (κ3) is 2.12. The maximum Gasteiger partial charge on any atom is 0.150 e. The van der Waals surface area contributed by atoms with Crippen molar-refractivity contribution < 1.29 is 0 Å². The van der Waals surface area contributed by atoms with E-state index in [0.717, 1.165) is 10.8 Å². The first kappa shape index (κ1) is 9.23. The predicted molar refractivity (Wildman–Crippen MR) is 61.7 cm³/mol. The van der Waals surface area contributed by atoms with Crippen molar-refractivity contribution in [3.8, 4) is 0 Å². The Morgan fingerprint density at radius 2 is 2.21 bits per heavy atom. The number of nitrogens with one attached hydrogen (secondary N) is 1. The molecule has 0 saturated heterocycles. The molecule has 70 valence electrons. The summed E-state index contributed by atoms with van der Waals surface area (Å²) < 4.78 is 0. The summed E-state index contributed by atoms with van der Waals surface area (Å²) in [5.74, 6) is 0.743. The van der Waals surface area contributed by atoms with Crippen LogP contribution in [0.3, 0.4) is 0 Å². The molecular formula is C9H7N3S2. The van der Waals surface area contributed by atoms with Crippen molar-refractivity contribution in [2.45, 2.75) is 0 Å². The molecule has 0 aliphatic carbocycles. The van der Waals surface area contributed by atoms with E-state index in [2.05, 4.69) is 15.3 Å². The van der Waals surface area contributed by atoms with Crippen molar-refractivity contribution in [3.05, 3.63) is 41.0 Å². The Bertz CT molecular complexity index is 411. The highest BCUT2D eigenvalue weighted by Crippen LogP contribution is 2.08. The number of aromatic nitrogens is 2. The molecule has 2 rings (SSSR count). The Kier molecular flexibility index (Phi) is 2.81. The Morgan fingerprint density at radius 1 is 1.29 bits per heavy atom. The highest BCUT2D eigenvalue weighted by molar-refractivity contribution is 7.81. The van der Waals surface area contributed by atoms with E-state index in [1.165, 1.54) is 11.3 Å². The van der Waals surface area contributed by atoms with E-state index >= 15 is 0 Å². The van der Waals surface area contributed by atoms with E-state index in [1.807, 2.05) is 23.6 Å². The Labute approximate surface area is 90.8 Å². The quantitative estimate of drug-likeness (QED) is 0.790. The molecule has 0 saturated carbocycles. The lowest BCUT2D eigenvalue weighted by molar-refractivity contribution is 1.32. The second kappa shape index (κ2) is 4.26. The van der Waals surface area contributed by atoms with Crippen LogP contribution in [0.4, 0.5) is 5.82 Å². The van der Waals surface area contributed by atoms with Crippen molar-refractivity contribution in [1.82, 2.24) is 9.97 Å². The van der Waals surface area contributed by atoms with E-state index < -0.39 is 0 Å². The minimum absolute atomic E-state index is 0.610. The van der Waals surface area contributed by atoms with Crippen LogP contribution in [0.25, 0.3) is 0 Å². The second-order valence-corrected chi connectivity index (χ2v) is 3.81. The number of hydrogen-bond acceptors (Lipinski definition) is 4. The van der Waals surface area contributed by atoms with E-state index in [0.29, 0.717) is 4.99 Å². The van der Waals surface area contributed by atoms with Gasteiger partial charge < -0.3 is 5.32 Å². The summed E-state index contributed by atoms with van der Waals surface area (Å²) >= 11 is 6.66. The maximum absolute atomic E-state index is 5.15. The molecule has 2 aromatic rings. The van der Waals surface area contributed by atoms with Gasteiger partial charge in [-0.15, -0.1) is 11.3 Å². The molecule has 0 aromatic carbocycles. The summed E-state index contributed by atoms with van der Waals surface area (Å²) in [6.07, 6.45) is 3.44. The zero-order valence-corrected chi connectivity index (χ0v) is 8.81. The van der Waals surface area contributed by atoms with Gasteiger partial charge in [0.2, 0.25) is 0 Å². The standard InChI is InChI=1S/C9H7N3S2/c13-8(9-11-5-6-14-9)12-7-3-1-2-4-10-7/h1-6H,(H,10,12,13). The van der Waals surface area contributed by atoms with Gasteiger partial charge in [-0.1, -0.05) is 18.3 Å². The van der Waals surface area contributed by atoms with Crippen LogP contribution >= 0.6 is 23.6 Å². The van der Waals surface area contributed by atoms with E-state index in [-0.39, 0.29) is 0 Å². The van der Waals surface area contributed by atoms with Gasteiger partial charge in [-0.25, -0.2) is 9.97 Å². The predicted octanol–water partition coefficient (Wildman–Crippen LogP) is 2.33. The van der Waals surface area contributed by atoms with Crippen LogP contribution in [0, 0.1) is 0 Å². The smallest absolute Gasteiger partial charge is 0.150 e. The van der Waals surface area contributed by atoms with Crippen LogP contribution in [0.2, 0.25) is 0 Å². The summed E-state index contributed by atoms with van der Waals surface area (Å²) in [7, 11) is 0. The summed E-state index contributed by atoms with van der Waals surface area (Å²) in [4.78, 5) is 8.82. The molecule has 3 nitrogen and oxygen atoms in total. The topological polar surface area (TPSA) is 37.8 Å². The molecule has 0 atom stereocenters. The molecule has 0 unspecified atom stereocenters. The van der Waals surface area contributed by atoms with Gasteiger partial charge in [-0.2, -0.15) is 0 Å². The summed E-state index contributed by atoms with van der Waals surface area (Å²) in [5.41, 5.74) is 0. The van der Waals surface area contributed by atoms with Crippen LogP contribution in [-0.2, 0) is 0 Å². The molecule has 5 heteroatoms. The zero-order valence-electron chi connectivity index (χ0n) is 7.18. The summed E-state index contributed by atoms with van der Waals surface area (Å²) in [6, 6.07) is 5.62. The number of thiazole rings is 1. The number of anilines is 1. The first-order valence-electron chi connectivity index (χ1n) is 3.98. The molecule has 0 aliphatic heterocycles. The lowest BCUT2D eigenvalue weighted by Crippen LogP contribution is -2.10. The average molecular weight is 221 g/mol. The van der Waals surface area contributed by atoms with Gasteiger partial charge in [0.15, 0.2) is 5.01 Å². The molecule has 0 bridgehead atoms. The third-order valence-corrected chi connectivity index (χ3v) is 2.75. The van der Waals surface area contributed by atoms with Gasteiger partial charge >= 0.3 is 0 Å². The number of nitrogens with zero attached hydrogens (tertiary/aromatic N) is 2. The Balaban J connectivity index is 2.10. The second-order valence-electron chi connectivity index (χ2n) is 2.51. The lowest BCUT2D eigenvalue weighted by atomic mass is 10.4. The monoisotopic (exact) mass is 221 g/mol. The Hall–Kier alpha value is -1.33. The molecule has 0 amide bonds. The van der Waals surface area contributed by atoms with Gasteiger partial charge in [-0.3, -0.25) is 0 Å². The fourth-order valence-corrected chi connectivity index (χ4v) is 1.77. The fraction of sp³-hybridized carbons (Fsp3) is 0. The van der Waals surface area contributed by atoms with Crippen molar-refractivity contribution >= 4 is 34.4 Å². The number of pyridine rings is 1. The highest BCUT2D eigenvalue weighted by atomic mass is 32.1. The van der Waals surface area contributed by atoms with Gasteiger partial charge in [0, 0.05) is 17.8 Å². The number of thiocarbonyl (C=S) groups is 1. The summed E-state index contributed by atoms with van der Waals surface area (Å²) in [6.45, 7) is 0. The first-order chi connectivity index (χ1) is 6.86. The van der Waals surface area contributed by atoms with Crippen molar-refractivity contribution in [1.29, 1.82) is 0 Å². The molecule has 0 fully saturated rings. The molecule has 2 heterocycles. The normalized spacial score (nSPS) is 9.71. The SMILES string of the molecule is S=C(Nc1ccccn1)c1nccs1. The van der Waals surface area contributed by atoms with E-state index in [4.69, 9.17) is 12.2 Å². The van der Waals surface area contributed by atoms with E-state index in [9.17, 15) is 0 Å². The average Bonchev–Trinajstić information content (AvgIpc) is 2.72. The van der Waals surface area contributed by atoms with Gasteiger partial charge in [-0.05, 0) is 12.1 Å². The number of hydrogen-bond donors (Lipinski definition) is 1. The van der Waals surface area contributed by atoms with Crippen molar-refractivity contribution in [2.75, 3.05) is 5.32 Å². The molecule has 14 heavy (non-hydrogen) atoms. The molecule has 1 N–H and O–H groups in total. The molecule has 0 aliphatic rings. The Morgan fingerprint density at radius 3 is 2.86 bits per heavy atom. The van der Waals surface area contributed by atoms with Crippen LogP contribution in [-0.4, -0.2) is 15.0 Å². The van der Waals surface area contributed by atoms with Crippen molar-refractivity contribution in [2.24, 2.45) is 0 Å². The number of rotatable bonds is 2. The largest absolute Gasteiger partial charge is 0.329 e. The molecule has 2 aromatic heterocycles. The third-order valence-electron chi connectivity index (χ3n) is 1.53. The van der Waals surface area contributed by atoms with Crippen LogP contribution < -0.4 is 5.32 Å². The minimum atomic E-state index is 0.610. The molecular weight excluding hydrogens is 214 g/mol. The van der Waals surface area contributed by atoms with Gasteiger partial charge in [0.05, 0.1) is 0 Å². The summed E-state index contributed by atoms with van der Waals surface area (Å²) in [5, 5.41) is 5.71. The highest BCUT2D eigenvalue weighted by Gasteiger charge is 2.03. The van der Waals surface area contributed by atoms with Crippen LogP contribution in [0.15, 0.2) is 36.0 Å². The maximum atomic E-state index is 5.15. The lowest BCUT2D eigenvalue weighted by Gasteiger charge is -2.02. The van der Waals surface area contributed by atoms with Crippen LogP contribution in [0.5, 0.6) is 0 Å². The van der Waals surface area contributed by atoms with E-state index in [1.54, 1.807) is 12.4 Å². The minimum Gasteiger partial charge on any atom is -0.329 e. The van der Waals surface area contributed by atoms with Gasteiger partial charge in [0.25, 0.3) is 0 Å². The molecule has 0 spiro atoms. The zero-order chi connectivity index (χ0) is 9.80. The van der Waals surface area contributed by atoms with Crippen LogP contribution in [0.1, 0.15) is 5.01 Å². The molecule has 0 radical (unpaired) electrons. The first-order valence-corrected chi connectivity index (χ1v) is 5.27.